The van der Waals surface area contributed by atoms with Gasteiger partial charge in [-0.2, -0.15) is 0 Å². The molecule has 0 aliphatic rings. The second kappa shape index (κ2) is 9.47. The van der Waals surface area contributed by atoms with Crippen molar-refractivity contribution in [2.75, 3.05) is 26.1 Å². The zero-order chi connectivity index (χ0) is 19.8. The predicted molar refractivity (Wildman–Crippen MR) is 104 cm³/mol. The molecule has 3 N–H and O–H groups in total. The maximum atomic E-state index is 12.1. The molecule has 2 aromatic carbocycles. The van der Waals surface area contributed by atoms with E-state index in [9.17, 15) is 9.59 Å². The predicted octanol–water partition coefficient (Wildman–Crippen LogP) is 2.12. The highest BCUT2D eigenvalue weighted by Gasteiger charge is 2.11. The molecule has 2 rings (SSSR count). The molecule has 27 heavy (non-hydrogen) atoms. The molecule has 0 unspecified atom stereocenters. The molecule has 0 saturated carbocycles. The maximum Gasteiger partial charge on any atom is 0.257 e. The molecular formula is C20H25N3O4. The van der Waals surface area contributed by atoms with E-state index < -0.39 is 0 Å². The van der Waals surface area contributed by atoms with Crippen LogP contribution in [0.2, 0.25) is 0 Å². The Bertz CT molecular complexity index is 821. The number of hydrogen-bond donors (Lipinski definition) is 3. The van der Waals surface area contributed by atoms with Crippen molar-refractivity contribution in [1.29, 1.82) is 0 Å². The Morgan fingerprint density at radius 1 is 0.926 bits per heavy atom. The summed E-state index contributed by atoms with van der Waals surface area (Å²) in [6, 6.07) is 11.1. The number of methoxy groups -OCH3 is 2. The van der Waals surface area contributed by atoms with Gasteiger partial charge < -0.3 is 14.8 Å². The van der Waals surface area contributed by atoms with Gasteiger partial charge in [0.2, 0.25) is 5.91 Å². The number of ether oxygens (including phenoxy) is 2. The summed E-state index contributed by atoms with van der Waals surface area (Å²) in [5, 5.41) is 3.05. The number of nitrogens with one attached hydrogen (secondary N) is 3. The van der Waals surface area contributed by atoms with E-state index in [-0.39, 0.29) is 24.8 Å². The van der Waals surface area contributed by atoms with Crippen molar-refractivity contribution in [2.24, 2.45) is 0 Å². The number of hydrogen-bond acceptors (Lipinski definition) is 5. The molecule has 0 atom stereocenters. The zero-order valence-corrected chi connectivity index (χ0v) is 16.0. The second-order valence-electron chi connectivity index (χ2n) is 6.12. The molecule has 0 aromatic heterocycles. The fourth-order valence-electron chi connectivity index (χ4n) is 2.59. The lowest BCUT2D eigenvalue weighted by molar-refractivity contribution is -0.127. The number of rotatable bonds is 7. The van der Waals surface area contributed by atoms with Gasteiger partial charge in [0.05, 0.1) is 27.2 Å². The van der Waals surface area contributed by atoms with Crippen LogP contribution >= 0.6 is 0 Å². The molecule has 2 aromatic rings. The van der Waals surface area contributed by atoms with Gasteiger partial charge in [-0.25, -0.2) is 0 Å². The first kappa shape index (κ1) is 20.1. The molecule has 0 heterocycles. The van der Waals surface area contributed by atoms with Crippen LogP contribution in [0.15, 0.2) is 36.4 Å². The Morgan fingerprint density at radius 2 is 1.67 bits per heavy atom. The molecule has 0 saturated heterocycles. The molecule has 2 amide bonds. The van der Waals surface area contributed by atoms with Crippen molar-refractivity contribution in [3.63, 3.8) is 0 Å². The summed E-state index contributed by atoms with van der Waals surface area (Å²) >= 11 is 0. The zero-order valence-electron chi connectivity index (χ0n) is 16.0. The summed E-state index contributed by atoms with van der Waals surface area (Å²) in [7, 11) is 3.08. The van der Waals surface area contributed by atoms with Crippen LogP contribution in [0.1, 0.15) is 16.7 Å². The van der Waals surface area contributed by atoms with Gasteiger partial charge in [-0.05, 0) is 31.5 Å². The third-order valence-corrected chi connectivity index (χ3v) is 4.01. The number of hydrazine groups is 1. The molecular weight excluding hydrogens is 346 g/mol. The Kier molecular flexibility index (Phi) is 7.05. The van der Waals surface area contributed by atoms with Crippen molar-refractivity contribution >= 4 is 17.5 Å². The number of carbonyl (C=O) groups is 2. The molecule has 144 valence electrons. The largest absolute Gasteiger partial charge is 0.497 e. The minimum atomic E-state index is -0.349. The second-order valence-corrected chi connectivity index (χ2v) is 6.12. The third kappa shape index (κ3) is 5.91. The first-order chi connectivity index (χ1) is 12.9. The number of aryl methyl sites for hydroxylation is 2. The van der Waals surface area contributed by atoms with Gasteiger partial charge in [-0.15, -0.1) is 0 Å². The SMILES string of the molecule is COc1ccc(CC(=O)NNC(=O)CNc2ccc(C)cc2C)c(OC)c1. The van der Waals surface area contributed by atoms with Crippen molar-refractivity contribution in [2.45, 2.75) is 20.3 Å². The van der Waals surface area contributed by atoms with E-state index in [0.29, 0.717) is 17.1 Å². The summed E-state index contributed by atoms with van der Waals surface area (Å²) < 4.78 is 10.4. The highest BCUT2D eigenvalue weighted by molar-refractivity contribution is 5.85. The summed E-state index contributed by atoms with van der Waals surface area (Å²) in [6.45, 7) is 4.03. The smallest absolute Gasteiger partial charge is 0.257 e. The Labute approximate surface area is 159 Å². The average Bonchev–Trinajstić information content (AvgIpc) is 2.66. The van der Waals surface area contributed by atoms with Gasteiger partial charge in [0.25, 0.3) is 5.91 Å². The van der Waals surface area contributed by atoms with Gasteiger partial charge in [-0.3, -0.25) is 20.4 Å². The van der Waals surface area contributed by atoms with E-state index in [0.717, 1.165) is 16.8 Å². The van der Waals surface area contributed by atoms with Crippen molar-refractivity contribution < 1.29 is 19.1 Å². The number of carbonyl (C=O) groups excluding carboxylic acids is 2. The Balaban J connectivity index is 1.82. The number of amides is 2. The van der Waals surface area contributed by atoms with Crippen LogP contribution < -0.4 is 25.6 Å². The van der Waals surface area contributed by atoms with Crippen molar-refractivity contribution in [3.05, 3.63) is 53.1 Å². The quantitative estimate of drug-likeness (QED) is 0.649. The van der Waals surface area contributed by atoms with Crippen LogP contribution in [-0.4, -0.2) is 32.6 Å². The van der Waals surface area contributed by atoms with E-state index in [1.165, 1.54) is 7.11 Å². The first-order valence-corrected chi connectivity index (χ1v) is 8.52. The molecule has 0 aliphatic carbocycles. The number of benzene rings is 2. The molecule has 0 aliphatic heterocycles. The van der Waals surface area contributed by atoms with Gasteiger partial charge in [0.1, 0.15) is 11.5 Å². The van der Waals surface area contributed by atoms with E-state index in [1.54, 1.807) is 25.3 Å². The Hall–Kier alpha value is -3.22. The third-order valence-electron chi connectivity index (χ3n) is 4.01. The van der Waals surface area contributed by atoms with Gasteiger partial charge in [0.15, 0.2) is 0 Å². The van der Waals surface area contributed by atoms with Crippen molar-refractivity contribution in [3.8, 4) is 11.5 Å². The van der Waals surface area contributed by atoms with Gasteiger partial charge in [0, 0.05) is 17.3 Å². The standard InChI is InChI=1S/C20H25N3O4/c1-13-5-8-17(14(2)9-13)21-12-20(25)23-22-19(24)10-15-6-7-16(26-3)11-18(15)27-4/h5-9,11,21H,10,12H2,1-4H3,(H,22,24)(H,23,25). The molecule has 0 fully saturated rings. The van der Waals surface area contributed by atoms with Crippen LogP contribution in [0, 0.1) is 13.8 Å². The summed E-state index contributed by atoms with van der Waals surface area (Å²) in [6.07, 6.45) is 0.0674. The van der Waals surface area contributed by atoms with E-state index in [4.69, 9.17) is 9.47 Å². The first-order valence-electron chi connectivity index (χ1n) is 8.52. The molecule has 0 bridgehead atoms. The molecule has 7 heteroatoms. The van der Waals surface area contributed by atoms with E-state index >= 15 is 0 Å². The summed E-state index contributed by atoms with van der Waals surface area (Å²) in [5.41, 5.74) is 8.59. The van der Waals surface area contributed by atoms with Gasteiger partial charge in [-0.1, -0.05) is 23.8 Å². The van der Waals surface area contributed by atoms with Crippen LogP contribution in [0.4, 0.5) is 5.69 Å². The Morgan fingerprint density at radius 3 is 2.33 bits per heavy atom. The normalized spacial score (nSPS) is 10.1. The average molecular weight is 371 g/mol. The minimum absolute atomic E-state index is 0.0516. The lowest BCUT2D eigenvalue weighted by atomic mass is 10.1. The number of anilines is 1. The fraction of sp³-hybridized carbons (Fsp3) is 0.300. The lowest BCUT2D eigenvalue weighted by Gasteiger charge is -2.12. The van der Waals surface area contributed by atoms with E-state index in [2.05, 4.69) is 16.2 Å². The highest BCUT2D eigenvalue weighted by Crippen LogP contribution is 2.24. The molecule has 0 radical (unpaired) electrons. The lowest BCUT2D eigenvalue weighted by Crippen LogP contribution is -2.44. The van der Waals surface area contributed by atoms with Crippen LogP contribution in [0.5, 0.6) is 11.5 Å². The van der Waals surface area contributed by atoms with Crippen LogP contribution in [-0.2, 0) is 16.0 Å². The van der Waals surface area contributed by atoms with Crippen LogP contribution in [0.25, 0.3) is 0 Å². The fourth-order valence-corrected chi connectivity index (χ4v) is 2.59. The van der Waals surface area contributed by atoms with Crippen LogP contribution in [0.3, 0.4) is 0 Å². The van der Waals surface area contributed by atoms with Gasteiger partial charge >= 0.3 is 0 Å². The topological polar surface area (TPSA) is 88.7 Å². The molecule has 7 nitrogen and oxygen atoms in total. The summed E-state index contributed by atoms with van der Waals surface area (Å²) in [4.78, 5) is 24.0. The van der Waals surface area contributed by atoms with Crippen molar-refractivity contribution in [1.82, 2.24) is 10.9 Å². The maximum absolute atomic E-state index is 12.1. The minimum Gasteiger partial charge on any atom is -0.497 e. The summed E-state index contributed by atoms with van der Waals surface area (Å²) in [5.74, 6) is 0.498. The van der Waals surface area contributed by atoms with E-state index in [1.807, 2.05) is 32.0 Å². The monoisotopic (exact) mass is 371 g/mol. The molecule has 0 spiro atoms. The highest BCUT2D eigenvalue weighted by atomic mass is 16.5.